The molecule has 0 unspecified atom stereocenters. The van der Waals surface area contributed by atoms with Crippen molar-refractivity contribution in [2.24, 2.45) is 0 Å². The Hall–Kier alpha value is -0.460. The number of ether oxygens (including phenoxy) is 1. The van der Waals surface area contributed by atoms with Crippen LogP contribution in [-0.2, 0) is 15.5 Å². The van der Waals surface area contributed by atoms with Crippen molar-refractivity contribution >= 4 is 22.4 Å². The van der Waals surface area contributed by atoms with Crippen molar-refractivity contribution in [3.05, 3.63) is 34.9 Å². The molecule has 0 aliphatic carbocycles. The Bertz CT molecular complexity index is 497. The SMILES string of the molecule is C[C@H](C[S@](C)=O)N[C@H](c1ccc(Cl)cc1)[C@@H]1CN(C)CCO1. The van der Waals surface area contributed by atoms with Gasteiger partial charge in [0.05, 0.1) is 18.8 Å². The average Bonchev–Trinajstić information content (AvgIpc) is 2.45. The fourth-order valence-electron chi connectivity index (χ4n) is 2.81. The van der Waals surface area contributed by atoms with E-state index in [0.29, 0.717) is 5.75 Å². The van der Waals surface area contributed by atoms with Crippen molar-refractivity contribution in [2.45, 2.75) is 25.1 Å². The van der Waals surface area contributed by atoms with Crippen LogP contribution in [0.4, 0.5) is 0 Å². The lowest BCUT2D eigenvalue weighted by Crippen LogP contribution is -2.49. The molecular weight excluding hydrogens is 320 g/mol. The summed E-state index contributed by atoms with van der Waals surface area (Å²) >= 11 is 6.00. The molecule has 0 amide bonds. The maximum atomic E-state index is 11.5. The van der Waals surface area contributed by atoms with Crippen molar-refractivity contribution < 1.29 is 8.95 Å². The first-order chi connectivity index (χ1) is 10.5. The van der Waals surface area contributed by atoms with E-state index >= 15 is 0 Å². The number of hydrogen-bond acceptors (Lipinski definition) is 4. The quantitative estimate of drug-likeness (QED) is 0.857. The van der Waals surface area contributed by atoms with Crippen molar-refractivity contribution in [1.29, 1.82) is 0 Å². The second-order valence-corrected chi connectivity index (χ2v) is 7.92. The summed E-state index contributed by atoms with van der Waals surface area (Å²) in [5.41, 5.74) is 1.15. The normalized spacial score (nSPS) is 23.9. The molecule has 22 heavy (non-hydrogen) atoms. The molecule has 0 bridgehead atoms. The lowest BCUT2D eigenvalue weighted by atomic mass is 9.99. The third-order valence-corrected chi connectivity index (χ3v) is 5.07. The zero-order chi connectivity index (χ0) is 16.1. The molecule has 0 saturated carbocycles. The molecule has 124 valence electrons. The van der Waals surface area contributed by atoms with Crippen LogP contribution in [0.15, 0.2) is 24.3 Å². The molecule has 1 N–H and O–H groups in total. The Labute approximate surface area is 140 Å². The lowest BCUT2D eigenvalue weighted by Gasteiger charge is -2.37. The first-order valence-electron chi connectivity index (χ1n) is 7.57. The first-order valence-corrected chi connectivity index (χ1v) is 9.68. The number of nitrogens with one attached hydrogen (secondary N) is 1. The molecule has 1 aliphatic heterocycles. The Morgan fingerprint density at radius 1 is 1.45 bits per heavy atom. The standard InChI is InChI=1S/C16H25ClN2O2S/c1-12(11-22(3)20)18-16(13-4-6-14(17)7-5-13)15-10-19(2)8-9-21-15/h4-7,12,15-16,18H,8-11H2,1-3H3/t12-,15+,16-,22+/m1/s1. The summed E-state index contributed by atoms with van der Waals surface area (Å²) in [7, 11) is 1.29. The predicted octanol–water partition coefficient (Wildman–Crippen LogP) is 2.07. The van der Waals surface area contributed by atoms with E-state index in [0.717, 1.165) is 30.3 Å². The zero-order valence-electron chi connectivity index (χ0n) is 13.4. The molecule has 1 aromatic rings. The summed E-state index contributed by atoms with van der Waals surface area (Å²) in [6.07, 6.45) is 1.81. The number of benzene rings is 1. The minimum absolute atomic E-state index is 0.0681. The van der Waals surface area contributed by atoms with Crippen LogP contribution in [0.5, 0.6) is 0 Å². The molecule has 0 aromatic heterocycles. The Balaban J connectivity index is 2.15. The molecule has 6 heteroatoms. The highest BCUT2D eigenvalue weighted by Gasteiger charge is 2.29. The van der Waals surface area contributed by atoms with E-state index in [1.807, 2.05) is 24.3 Å². The number of hydrogen-bond donors (Lipinski definition) is 1. The van der Waals surface area contributed by atoms with Crippen LogP contribution in [0.25, 0.3) is 0 Å². The highest BCUT2D eigenvalue weighted by atomic mass is 35.5. The molecule has 1 aliphatic rings. The highest BCUT2D eigenvalue weighted by molar-refractivity contribution is 7.84. The second kappa shape index (κ2) is 8.41. The van der Waals surface area contributed by atoms with Gasteiger partial charge in [0.2, 0.25) is 0 Å². The number of rotatable bonds is 6. The van der Waals surface area contributed by atoms with Crippen LogP contribution >= 0.6 is 11.6 Å². The fraction of sp³-hybridized carbons (Fsp3) is 0.625. The van der Waals surface area contributed by atoms with Gasteiger partial charge in [-0.1, -0.05) is 23.7 Å². The van der Waals surface area contributed by atoms with Gasteiger partial charge in [-0.05, 0) is 31.7 Å². The zero-order valence-corrected chi connectivity index (χ0v) is 15.0. The van der Waals surface area contributed by atoms with Gasteiger partial charge in [-0.25, -0.2) is 0 Å². The van der Waals surface area contributed by atoms with Crippen LogP contribution in [0.2, 0.25) is 5.02 Å². The van der Waals surface area contributed by atoms with E-state index < -0.39 is 10.8 Å². The van der Waals surface area contributed by atoms with Crippen molar-refractivity contribution in [3.63, 3.8) is 0 Å². The third kappa shape index (κ3) is 5.32. The number of likely N-dealkylation sites (N-methyl/N-ethyl adjacent to an activating group) is 1. The van der Waals surface area contributed by atoms with Crippen LogP contribution < -0.4 is 5.32 Å². The summed E-state index contributed by atoms with van der Waals surface area (Å²) in [6, 6.07) is 8.10. The largest absolute Gasteiger partial charge is 0.374 e. The van der Waals surface area contributed by atoms with E-state index in [9.17, 15) is 4.21 Å². The van der Waals surface area contributed by atoms with Crippen LogP contribution in [0.1, 0.15) is 18.5 Å². The highest BCUT2D eigenvalue weighted by Crippen LogP contribution is 2.24. The number of morpholine rings is 1. The Morgan fingerprint density at radius 3 is 2.73 bits per heavy atom. The molecular formula is C16H25ClN2O2S. The Morgan fingerprint density at radius 2 is 2.14 bits per heavy atom. The molecule has 0 spiro atoms. The van der Waals surface area contributed by atoms with Crippen LogP contribution in [0.3, 0.4) is 0 Å². The van der Waals surface area contributed by atoms with E-state index in [2.05, 4.69) is 24.2 Å². The first kappa shape index (κ1) is 17.9. The van der Waals surface area contributed by atoms with E-state index in [1.165, 1.54) is 0 Å². The number of halogens is 1. The molecule has 1 saturated heterocycles. The van der Waals surface area contributed by atoms with Gasteiger partial charge < -0.3 is 15.0 Å². The molecule has 4 atom stereocenters. The second-order valence-electron chi connectivity index (χ2n) is 6.01. The summed E-state index contributed by atoms with van der Waals surface area (Å²) in [5.74, 6) is 0.632. The molecule has 2 rings (SSSR count). The minimum Gasteiger partial charge on any atom is -0.374 e. The van der Waals surface area contributed by atoms with Gasteiger partial charge in [0.15, 0.2) is 0 Å². The molecule has 1 fully saturated rings. The van der Waals surface area contributed by atoms with E-state index in [-0.39, 0.29) is 18.2 Å². The summed E-state index contributed by atoms with van der Waals surface area (Å²) < 4.78 is 17.4. The van der Waals surface area contributed by atoms with Crippen molar-refractivity contribution in [2.75, 3.05) is 38.8 Å². The lowest BCUT2D eigenvalue weighted by molar-refractivity contribution is -0.0405. The van der Waals surface area contributed by atoms with Crippen LogP contribution in [-0.4, -0.2) is 60.0 Å². The van der Waals surface area contributed by atoms with Crippen molar-refractivity contribution in [1.82, 2.24) is 10.2 Å². The summed E-state index contributed by atoms with van der Waals surface area (Å²) in [6.45, 7) is 4.64. The topological polar surface area (TPSA) is 41.6 Å². The fourth-order valence-corrected chi connectivity index (χ4v) is 3.73. The van der Waals surface area contributed by atoms with Gasteiger partial charge in [-0.3, -0.25) is 4.21 Å². The third-order valence-electron chi connectivity index (χ3n) is 3.85. The maximum Gasteiger partial charge on any atom is 0.0896 e. The van der Waals surface area contributed by atoms with Gasteiger partial charge in [0.1, 0.15) is 0 Å². The summed E-state index contributed by atoms with van der Waals surface area (Å²) in [5, 5.41) is 4.32. The van der Waals surface area contributed by atoms with Gasteiger partial charge in [0.25, 0.3) is 0 Å². The molecule has 4 nitrogen and oxygen atoms in total. The minimum atomic E-state index is -0.819. The van der Waals surface area contributed by atoms with E-state index in [1.54, 1.807) is 6.26 Å². The Kier molecular flexibility index (Phi) is 6.84. The molecule has 0 radical (unpaired) electrons. The predicted molar refractivity (Wildman–Crippen MR) is 93.0 cm³/mol. The van der Waals surface area contributed by atoms with Gasteiger partial charge in [0, 0.05) is 47.0 Å². The van der Waals surface area contributed by atoms with Gasteiger partial charge in [-0.15, -0.1) is 0 Å². The molecule has 1 aromatic carbocycles. The van der Waals surface area contributed by atoms with Gasteiger partial charge in [-0.2, -0.15) is 0 Å². The molecule has 1 heterocycles. The monoisotopic (exact) mass is 344 g/mol. The maximum absolute atomic E-state index is 11.5. The van der Waals surface area contributed by atoms with Crippen molar-refractivity contribution in [3.8, 4) is 0 Å². The van der Waals surface area contributed by atoms with E-state index in [4.69, 9.17) is 16.3 Å². The van der Waals surface area contributed by atoms with Gasteiger partial charge >= 0.3 is 0 Å². The number of nitrogens with zero attached hydrogens (tertiary/aromatic N) is 1. The van der Waals surface area contributed by atoms with Crippen LogP contribution in [0, 0.1) is 0 Å². The smallest absolute Gasteiger partial charge is 0.0896 e. The summed E-state index contributed by atoms with van der Waals surface area (Å²) in [4.78, 5) is 2.28. The average molecular weight is 345 g/mol.